The van der Waals surface area contributed by atoms with Crippen LogP contribution in [0.5, 0.6) is 0 Å². The molecule has 0 aromatic carbocycles. The highest BCUT2D eigenvalue weighted by atomic mass is 16.6. The Kier molecular flexibility index (Phi) is 7.67. The fraction of sp³-hybridized carbons (Fsp3) is 0.941. The topological polar surface area (TPSA) is 41.6 Å². The SMILES string of the molecule is CC(NCCCN(C)C1CCCCC1)C(=O)OC(C)(C)C. The molecule has 124 valence electrons. The van der Waals surface area contributed by atoms with Crippen molar-refractivity contribution in [3.8, 4) is 0 Å². The van der Waals surface area contributed by atoms with E-state index < -0.39 is 5.60 Å². The van der Waals surface area contributed by atoms with E-state index in [1.807, 2.05) is 27.7 Å². The number of esters is 1. The Morgan fingerprint density at radius 2 is 1.90 bits per heavy atom. The minimum atomic E-state index is -0.409. The standard InChI is InChI=1S/C17H34N2O2/c1-14(16(20)21-17(2,3)4)18-12-9-13-19(5)15-10-7-6-8-11-15/h14-15,18H,6-13H2,1-5H3. The summed E-state index contributed by atoms with van der Waals surface area (Å²) in [6.07, 6.45) is 7.92. The summed E-state index contributed by atoms with van der Waals surface area (Å²) in [5, 5.41) is 3.26. The van der Waals surface area contributed by atoms with Crippen molar-refractivity contribution >= 4 is 5.97 Å². The summed E-state index contributed by atoms with van der Waals surface area (Å²) in [5.74, 6) is -0.164. The van der Waals surface area contributed by atoms with Crippen LogP contribution in [0.15, 0.2) is 0 Å². The monoisotopic (exact) mass is 298 g/mol. The van der Waals surface area contributed by atoms with Gasteiger partial charge in [-0.2, -0.15) is 0 Å². The van der Waals surface area contributed by atoms with Crippen molar-refractivity contribution in [2.45, 2.75) is 83.9 Å². The first kappa shape index (κ1) is 18.4. The molecule has 21 heavy (non-hydrogen) atoms. The first-order valence-electron chi connectivity index (χ1n) is 8.46. The smallest absolute Gasteiger partial charge is 0.323 e. The number of hydrogen-bond acceptors (Lipinski definition) is 4. The van der Waals surface area contributed by atoms with Crippen molar-refractivity contribution in [3.05, 3.63) is 0 Å². The molecule has 1 unspecified atom stereocenters. The molecule has 1 atom stereocenters. The molecule has 0 aromatic rings. The Balaban J connectivity index is 2.13. The molecule has 0 bridgehead atoms. The third-order valence-electron chi connectivity index (χ3n) is 4.10. The summed E-state index contributed by atoms with van der Waals surface area (Å²) >= 11 is 0. The Labute approximate surface area is 130 Å². The molecule has 1 rings (SSSR count). The zero-order valence-electron chi connectivity index (χ0n) is 14.6. The highest BCUT2D eigenvalue weighted by Crippen LogP contribution is 2.21. The third kappa shape index (κ3) is 7.82. The number of nitrogens with zero attached hydrogens (tertiary/aromatic N) is 1. The molecular weight excluding hydrogens is 264 g/mol. The maximum absolute atomic E-state index is 11.8. The van der Waals surface area contributed by atoms with Crippen LogP contribution in [-0.4, -0.2) is 48.7 Å². The molecule has 1 N–H and O–H groups in total. The maximum atomic E-state index is 11.8. The van der Waals surface area contributed by atoms with Gasteiger partial charge in [0.2, 0.25) is 0 Å². The minimum absolute atomic E-state index is 0.164. The van der Waals surface area contributed by atoms with Crippen molar-refractivity contribution in [1.29, 1.82) is 0 Å². The summed E-state index contributed by atoms with van der Waals surface area (Å²) in [7, 11) is 2.23. The van der Waals surface area contributed by atoms with Crippen molar-refractivity contribution < 1.29 is 9.53 Å². The predicted molar refractivity (Wildman–Crippen MR) is 87.4 cm³/mol. The molecule has 0 radical (unpaired) electrons. The van der Waals surface area contributed by atoms with Crippen molar-refractivity contribution in [2.75, 3.05) is 20.1 Å². The number of carbonyl (C=O) groups excluding carboxylic acids is 1. The molecule has 1 saturated carbocycles. The molecule has 4 nitrogen and oxygen atoms in total. The lowest BCUT2D eigenvalue weighted by Gasteiger charge is -2.31. The lowest BCUT2D eigenvalue weighted by molar-refractivity contribution is -0.156. The Bertz CT molecular complexity index is 306. The van der Waals surface area contributed by atoms with E-state index in [-0.39, 0.29) is 12.0 Å². The van der Waals surface area contributed by atoms with E-state index in [0.29, 0.717) is 0 Å². The Morgan fingerprint density at radius 3 is 2.48 bits per heavy atom. The molecule has 0 saturated heterocycles. The lowest BCUT2D eigenvalue weighted by atomic mass is 9.94. The zero-order valence-corrected chi connectivity index (χ0v) is 14.6. The Morgan fingerprint density at radius 1 is 1.29 bits per heavy atom. The van der Waals surface area contributed by atoms with Gasteiger partial charge in [0.15, 0.2) is 0 Å². The second kappa shape index (κ2) is 8.74. The van der Waals surface area contributed by atoms with Gasteiger partial charge >= 0.3 is 5.97 Å². The number of nitrogens with one attached hydrogen (secondary N) is 1. The number of hydrogen-bond donors (Lipinski definition) is 1. The molecule has 0 heterocycles. The minimum Gasteiger partial charge on any atom is -0.459 e. The molecule has 0 aromatic heterocycles. The highest BCUT2D eigenvalue weighted by molar-refractivity contribution is 5.75. The van der Waals surface area contributed by atoms with E-state index in [1.165, 1.54) is 32.1 Å². The molecular formula is C17H34N2O2. The third-order valence-corrected chi connectivity index (χ3v) is 4.10. The van der Waals surface area contributed by atoms with Gasteiger partial charge in [0.1, 0.15) is 11.6 Å². The van der Waals surface area contributed by atoms with Crippen LogP contribution in [0.2, 0.25) is 0 Å². The fourth-order valence-electron chi connectivity index (χ4n) is 2.82. The molecule has 1 aliphatic carbocycles. The summed E-state index contributed by atoms with van der Waals surface area (Å²) in [6, 6.07) is 0.534. The fourth-order valence-corrected chi connectivity index (χ4v) is 2.82. The molecule has 0 aliphatic heterocycles. The van der Waals surface area contributed by atoms with Gasteiger partial charge in [-0.1, -0.05) is 19.3 Å². The normalized spacial score (nSPS) is 18.8. The first-order chi connectivity index (χ1) is 9.79. The molecule has 0 amide bonds. The summed E-state index contributed by atoms with van der Waals surface area (Å²) in [4.78, 5) is 14.3. The highest BCUT2D eigenvalue weighted by Gasteiger charge is 2.21. The average molecular weight is 298 g/mol. The van der Waals surface area contributed by atoms with Crippen LogP contribution in [0, 0.1) is 0 Å². The van der Waals surface area contributed by atoms with Gasteiger partial charge < -0.3 is 15.0 Å². The van der Waals surface area contributed by atoms with Gasteiger partial charge in [0, 0.05) is 6.04 Å². The van der Waals surface area contributed by atoms with Crippen molar-refractivity contribution in [3.63, 3.8) is 0 Å². The lowest BCUT2D eigenvalue weighted by Crippen LogP contribution is -2.41. The van der Waals surface area contributed by atoms with E-state index in [2.05, 4.69) is 17.3 Å². The van der Waals surface area contributed by atoms with Gasteiger partial charge in [-0.05, 0) is 67.1 Å². The van der Waals surface area contributed by atoms with E-state index in [4.69, 9.17) is 4.74 Å². The second-order valence-corrected chi connectivity index (χ2v) is 7.34. The van der Waals surface area contributed by atoms with Crippen LogP contribution < -0.4 is 5.32 Å². The van der Waals surface area contributed by atoms with E-state index in [9.17, 15) is 4.79 Å². The molecule has 1 aliphatic rings. The number of ether oxygens (including phenoxy) is 1. The van der Waals surface area contributed by atoms with Gasteiger partial charge in [-0.25, -0.2) is 0 Å². The number of rotatable bonds is 7. The van der Waals surface area contributed by atoms with Crippen LogP contribution in [0.4, 0.5) is 0 Å². The first-order valence-corrected chi connectivity index (χ1v) is 8.46. The van der Waals surface area contributed by atoms with E-state index in [1.54, 1.807) is 0 Å². The van der Waals surface area contributed by atoms with Crippen LogP contribution >= 0.6 is 0 Å². The summed E-state index contributed by atoms with van der Waals surface area (Å²) < 4.78 is 5.36. The molecule has 1 fully saturated rings. The molecule has 4 heteroatoms. The molecule has 0 spiro atoms. The van der Waals surface area contributed by atoms with E-state index in [0.717, 1.165) is 25.6 Å². The van der Waals surface area contributed by atoms with Gasteiger partial charge in [0.05, 0.1) is 0 Å². The van der Waals surface area contributed by atoms with Crippen LogP contribution in [-0.2, 0) is 9.53 Å². The van der Waals surface area contributed by atoms with Crippen LogP contribution in [0.3, 0.4) is 0 Å². The predicted octanol–water partition coefficient (Wildman–Crippen LogP) is 2.96. The zero-order chi connectivity index (χ0) is 15.9. The van der Waals surface area contributed by atoms with Gasteiger partial charge in [0.25, 0.3) is 0 Å². The summed E-state index contributed by atoms with van der Waals surface area (Å²) in [6.45, 7) is 9.53. The van der Waals surface area contributed by atoms with Gasteiger partial charge in [-0.3, -0.25) is 4.79 Å². The Hall–Kier alpha value is -0.610. The van der Waals surface area contributed by atoms with Gasteiger partial charge in [-0.15, -0.1) is 0 Å². The number of carbonyl (C=O) groups is 1. The van der Waals surface area contributed by atoms with E-state index >= 15 is 0 Å². The summed E-state index contributed by atoms with van der Waals surface area (Å²) in [5.41, 5.74) is -0.409. The average Bonchev–Trinajstić information content (AvgIpc) is 2.42. The van der Waals surface area contributed by atoms with Crippen LogP contribution in [0.25, 0.3) is 0 Å². The van der Waals surface area contributed by atoms with Crippen molar-refractivity contribution in [2.24, 2.45) is 0 Å². The maximum Gasteiger partial charge on any atom is 0.323 e. The second-order valence-electron chi connectivity index (χ2n) is 7.34. The largest absolute Gasteiger partial charge is 0.459 e. The van der Waals surface area contributed by atoms with Crippen molar-refractivity contribution in [1.82, 2.24) is 10.2 Å². The quantitative estimate of drug-likeness (QED) is 0.579. The van der Waals surface area contributed by atoms with Crippen LogP contribution in [0.1, 0.15) is 66.2 Å².